The first-order valence-corrected chi connectivity index (χ1v) is 10.6. The number of hydrogen-bond donors (Lipinski definition) is 3. The molecule has 33 heavy (non-hydrogen) atoms. The van der Waals surface area contributed by atoms with E-state index >= 15 is 0 Å². The third-order valence-electron chi connectivity index (χ3n) is 4.65. The molecule has 1 amide bonds. The van der Waals surface area contributed by atoms with Crippen molar-refractivity contribution in [2.75, 3.05) is 6.54 Å². The molecule has 0 saturated carbocycles. The van der Waals surface area contributed by atoms with Gasteiger partial charge >= 0.3 is 6.18 Å². The van der Waals surface area contributed by atoms with Crippen LogP contribution >= 0.6 is 0 Å². The Kier molecular flexibility index (Phi) is 9.47. The summed E-state index contributed by atoms with van der Waals surface area (Å²) in [5, 5.41) is 2.71. The normalized spacial score (nSPS) is 14.0. The molecular formula is C24H30F3N5O. The molecule has 0 aliphatic carbocycles. The van der Waals surface area contributed by atoms with Crippen molar-refractivity contribution in [2.24, 2.45) is 11.5 Å². The van der Waals surface area contributed by atoms with Gasteiger partial charge in [-0.25, -0.2) is 0 Å². The van der Waals surface area contributed by atoms with Crippen LogP contribution < -0.4 is 16.8 Å². The summed E-state index contributed by atoms with van der Waals surface area (Å²) in [6.45, 7) is 6.06. The Balaban J connectivity index is 0.00000122. The molecule has 5 N–H and O–H groups in total. The topological polar surface area (TPSA) is 97.3 Å². The van der Waals surface area contributed by atoms with Gasteiger partial charge in [0.15, 0.2) is 0 Å². The number of nitrogens with zero attached hydrogens (tertiary/aromatic N) is 2. The molecule has 6 nitrogen and oxygen atoms in total. The lowest BCUT2D eigenvalue weighted by atomic mass is 10.1. The van der Waals surface area contributed by atoms with Crippen molar-refractivity contribution in [3.63, 3.8) is 0 Å². The van der Waals surface area contributed by atoms with E-state index in [1.54, 1.807) is 18.2 Å². The van der Waals surface area contributed by atoms with E-state index in [1.165, 1.54) is 31.0 Å². The summed E-state index contributed by atoms with van der Waals surface area (Å²) in [7, 11) is 0. The maximum atomic E-state index is 12.7. The van der Waals surface area contributed by atoms with Gasteiger partial charge in [-0.05, 0) is 47.7 Å². The number of aromatic nitrogens is 1. The van der Waals surface area contributed by atoms with Crippen molar-refractivity contribution in [2.45, 2.75) is 46.1 Å². The highest BCUT2D eigenvalue weighted by atomic mass is 19.4. The minimum absolute atomic E-state index is 0.181. The lowest BCUT2D eigenvalue weighted by molar-refractivity contribution is -0.137. The average molecular weight is 462 g/mol. The van der Waals surface area contributed by atoms with Gasteiger partial charge < -0.3 is 16.8 Å². The third kappa shape index (κ3) is 7.94. The molecule has 3 rings (SSSR count). The lowest BCUT2D eigenvalue weighted by Gasteiger charge is -2.15. The predicted octanol–water partition coefficient (Wildman–Crippen LogP) is 4.08. The van der Waals surface area contributed by atoms with Crippen molar-refractivity contribution >= 4 is 5.91 Å². The van der Waals surface area contributed by atoms with E-state index in [-0.39, 0.29) is 12.5 Å². The second kappa shape index (κ2) is 12.1. The van der Waals surface area contributed by atoms with E-state index in [9.17, 15) is 18.0 Å². The van der Waals surface area contributed by atoms with E-state index < -0.39 is 11.7 Å². The molecule has 0 unspecified atom stereocenters. The van der Waals surface area contributed by atoms with E-state index in [0.29, 0.717) is 30.9 Å². The molecule has 0 bridgehead atoms. The van der Waals surface area contributed by atoms with Crippen LogP contribution in [0.15, 0.2) is 60.6 Å². The number of allylic oxidation sites excluding steroid dienone is 2. The van der Waals surface area contributed by atoms with Gasteiger partial charge in [-0.3, -0.25) is 14.7 Å². The molecule has 2 aromatic rings. The molecular weight excluding hydrogens is 431 g/mol. The van der Waals surface area contributed by atoms with Crippen LogP contribution in [0.5, 0.6) is 0 Å². The van der Waals surface area contributed by atoms with Crippen molar-refractivity contribution in [1.82, 2.24) is 15.2 Å². The zero-order chi connectivity index (χ0) is 24.4. The van der Waals surface area contributed by atoms with E-state index in [2.05, 4.69) is 29.0 Å². The molecule has 9 heteroatoms. The van der Waals surface area contributed by atoms with Gasteiger partial charge in [-0.2, -0.15) is 13.2 Å². The van der Waals surface area contributed by atoms with Crippen LogP contribution in [0.4, 0.5) is 13.2 Å². The molecule has 0 atom stereocenters. The van der Waals surface area contributed by atoms with E-state index in [4.69, 9.17) is 11.5 Å². The van der Waals surface area contributed by atoms with Crippen molar-refractivity contribution in [3.8, 4) is 0 Å². The van der Waals surface area contributed by atoms with Crippen molar-refractivity contribution in [3.05, 3.63) is 88.5 Å². The second-order valence-corrected chi connectivity index (χ2v) is 7.69. The van der Waals surface area contributed by atoms with Gasteiger partial charge in [0.05, 0.1) is 23.4 Å². The number of benzene rings is 1. The van der Waals surface area contributed by atoms with Crippen LogP contribution in [0.25, 0.3) is 0 Å². The first-order chi connectivity index (χ1) is 15.7. The molecule has 2 heterocycles. The number of halogens is 3. The standard InChI is InChI=1S/C21H22F3N5O.C3H8/c22-21(23,24)17-5-3-14(4-6-17)11-29-12-16-8-15(9-27-19(16)13-29)20(30)28-10-18(26)2-1-7-25;1-3-2/h1-9H,10-13,25-26H2,(H,28,30);3H2,1-2H3/b7-1-,18-2-;. The maximum absolute atomic E-state index is 12.7. The Morgan fingerprint density at radius 1 is 1.21 bits per heavy atom. The number of carbonyl (C=O) groups is 1. The average Bonchev–Trinajstić information content (AvgIpc) is 3.17. The van der Waals surface area contributed by atoms with Gasteiger partial charge in [0.1, 0.15) is 0 Å². The number of carbonyl (C=O) groups excluding carboxylic acids is 1. The summed E-state index contributed by atoms with van der Waals surface area (Å²) in [4.78, 5) is 18.8. The number of pyridine rings is 1. The molecule has 1 aromatic heterocycles. The van der Waals surface area contributed by atoms with Crippen molar-refractivity contribution in [1.29, 1.82) is 0 Å². The summed E-state index contributed by atoms with van der Waals surface area (Å²) in [5.41, 5.74) is 13.8. The Morgan fingerprint density at radius 2 is 1.88 bits per heavy atom. The van der Waals surface area contributed by atoms with Crippen LogP contribution in [0.2, 0.25) is 0 Å². The van der Waals surface area contributed by atoms with Gasteiger partial charge in [-0.15, -0.1) is 0 Å². The predicted molar refractivity (Wildman–Crippen MR) is 123 cm³/mol. The number of nitrogens with two attached hydrogens (primary N) is 2. The fourth-order valence-corrected chi connectivity index (χ4v) is 3.14. The Labute approximate surface area is 192 Å². The number of alkyl halides is 3. The minimum atomic E-state index is -4.34. The first kappa shape index (κ1) is 25.9. The highest BCUT2D eigenvalue weighted by Crippen LogP contribution is 2.30. The zero-order valence-electron chi connectivity index (χ0n) is 18.8. The van der Waals surface area contributed by atoms with Crippen molar-refractivity contribution < 1.29 is 18.0 Å². The monoisotopic (exact) mass is 461 g/mol. The Hall–Kier alpha value is -3.33. The second-order valence-electron chi connectivity index (χ2n) is 7.69. The van der Waals surface area contributed by atoms with Crippen LogP contribution in [0, 0.1) is 0 Å². The molecule has 1 aliphatic heterocycles. The van der Waals surface area contributed by atoms with Gasteiger partial charge in [0.2, 0.25) is 0 Å². The Morgan fingerprint density at radius 3 is 2.48 bits per heavy atom. The van der Waals surface area contributed by atoms with Gasteiger partial charge in [0.25, 0.3) is 5.91 Å². The van der Waals surface area contributed by atoms with Gasteiger partial charge in [0, 0.05) is 31.5 Å². The zero-order valence-corrected chi connectivity index (χ0v) is 18.8. The highest BCUT2D eigenvalue weighted by Gasteiger charge is 2.30. The number of fused-ring (bicyclic) bond motifs is 1. The fraction of sp³-hybridized carbons (Fsp3) is 0.333. The molecule has 0 spiro atoms. The SMILES string of the molecule is CCC.N/C=C\C=C(/N)CNC(=O)c1cnc2c(c1)CN(Cc1ccc(C(F)(F)F)cc1)C2. The number of amides is 1. The maximum Gasteiger partial charge on any atom is 0.416 e. The molecule has 0 saturated heterocycles. The fourth-order valence-electron chi connectivity index (χ4n) is 3.14. The molecule has 1 aliphatic rings. The smallest absolute Gasteiger partial charge is 0.405 e. The van der Waals surface area contributed by atoms with Crippen LogP contribution in [-0.2, 0) is 25.8 Å². The minimum Gasteiger partial charge on any atom is -0.405 e. The summed E-state index contributed by atoms with van der Waals surface area (Å²) < 4.78 is 38.1. The van der Waals surface area contributed by atoms with Crippen LogP contribution in [0.1, 0.15) is 53.0 Å². The van der Waals surface area contributed by atoms with Crippen LogP contribution in [-0.4, -0.2) is 22.3 Å². The molecule has 1 aromatic carbocycles. The quantitative estimate of drug-likeness (QED) is 0.564. The number of hydrogen-bond acceptors (Lipinski definition) is 5. The molecule has 0 radical (unpaired) electrons. The summed E-state index contributed by atoms with van der Waals surface area (Å²) in [6.07, 6.45) is 2.93. The third-order valence-corrected chi connectivity index (χ3v) is 4.65. The van der Waals surface area contributed by atoms with Crippen LogP contribution in [0.3, 0.4) is 0 Å². The highest BCUT2D eigenvalue weighted by molar-refractivity contribution is 5.94. The van der Waals surface area contributed by atoms with E-state index in [0.717, 1.165) is 29.0 Å². The van der Waals surface area contributed by atoms with E-state index in [1.807, 2.05) is 0 Å². The Bertz CT molecular complexity index is 985. The molecule has 0 fully saturated rings. The van der Waals surface area contributed by atoms with Gasteiger partial charge in [-0.1, -0.05) is 32.4 Å². The lowest BCUT2D eigenvalue weighted by Crippen LogP contribution is -2.28. The number of nitrogens with one attached hydrogen (secondary N) is 1. The molecule has 178 valence electrons. The summed E-state index contributed by atoms with van der Waals surface area (Å²) >= 11 is 0. The largest absolute Gasteiger partial charge is 0.416 e. The first-order valence-electron chi connectivity index (χ1n) is 10.6. The summed E-state index contributed by atoms with van der Waals surface area (Å²) in [5.74, 6) is -0.292. The number of rotatable bonds is 6. The summed E-state index contributed by atoms with van der Waals surface area (Å²) in [6, 6.07) is 6.92.